The van der Waals surface area contributed by atoms with Gasteiger partial charge in [-0.25, -0.2) is 0 Å². The predicted octanol–water partition coefficient (Wildman–Crippen LogP) is 1.67. The van der Waals surface area contributed by atoms with E-state index in [0.717, 1.165) is 39.0 Å². The SMILES string of the molecule is O=C1CCCN1C1CCCN(Cc2ccncc2)C1. The van der Waals surface area contributed by atoms with Gasteiger partial charge in [0, 0.05) is 44.5 Å². The Kier molecular flexibility index (Phi) is 3.78. The number of aromatic nitrogens is 1. The maximum Gasteiger partial charge on any atom is 0.222 e. The quantitative estimate of drug-likeness (QED) is 0.828. The molecule has 0 aliphatic carbocycles. The average Bonchev–Trinajstić information content (AvgIpc) is 2.86. The lowest BCUT2D eigenvalue weighted by atomic mass is 10.0. The minimum atomic E-state index is 0.357. The van der Waals surface area contributed by atoms with Crippen molar-refractivity contribution >= 4 is 5.91 Å². The number of likely N-dealkylation sites (tertiary alicyclic amines) is 2. The summed E-state index contributed by atoms with van der Waals surface area (Å²) in [5.41, 5.74) is 1.31. The van der Waals surface area contributed by atoms with Crippen LogP contribution in [0.5, 0.6) is 0 Å². The van der Waals surface area contributed by atoms with Crippen molar-refractivity contribution in [2.75, 3.05) is 19.6 Å². The Morgan fingerprint density at radius 3 is 2.79 bits per heavy atom. The zero-order valence-electron chi connectivity index (χ0n) is 11.3. The smallest absolute Gasteiger partial charge is 0.222 e. The number of carbonyl (C=O) groups excluding carboxylic acids is 1. The molecule has 2 fully saturated rings. The maximum atomic E-state index is 11.8. The van der Waals surface area contributed by atoms with Gasteiger partial charge in [-0.3, -0.25) is 14.7 Å². The average molecular weight is 259 g/mol. The molecule has 3 rings (SSSR count). The Morgan fingerprint density at radius 1 is 1.21 bits per heavy atom. The third-order valence-electron chi connectivity index (χ3n) is 4.19. The van der Waals surface area contributed by atoms with Crippen LogP contribution < -0.4 is 0 Å². The van der Waals surface area contributed by atoms with E-state index < -0.39 is 0 Å². The topological polar surface area (TPSA) is 36.4 Å². The summed E-state index contributed by atoms with van der Waals surface area (Å²) in [5, 5.41) is 0. The molecule has 0 bridgehead atoms. The number of rotatable bonds is 3. The highest BCUT2D eigenvalue weighted by molar-refractivity contribution is 5.78. The van der Waals surface area contributed by atoms with Gasteiger partial charge in [-0.05, 0) is 43.5 Å². The van der Waals surface area contributed by atoms with E-state index in [4.69, 9.17) is 0 Å². The van der Waals surface area contributed by atoms with E-state index in [0.29, 0.717) is 11.9 Å². The van der Waals surface area contributed by atoms with Crippen LogP contribution in [-0.4, -0.2) is 46.4 Å². The van der Waals surface area contributed by atoms with Gasteiger partial charge in [-0.2, -0.15) is 0 Å². The Hall–Kier alpha value is -1.42. The highest BCUT2D eigenvalue weighted by Gasteiger charge is 2.31. The maximum absolute atomic E-state index is 11.8. The molecule has 0 aromatic carbocycles. The van der Waals surface area contributed by atoms with Crippen molar-refractivity contribution in [2.45, 2.75) is 38.3 Å². The molecule has 19 heavy (non-hydrogen) atoms. The van der Waals surface area contributed by atoms with Gasteiger partial charge in [-0.1, -0.05) is 0 Å². The van der Waals surface area contributed by atoms with Crippen LogP contribution in [0, 0.1) is 0 Å². The fraction of sp³-hybridized carbons (Fsp3) is 0.600. The number of piperidine rings is 1. The zero-order chi connectivity index (χ0) is 13.1. The molecule has 2 aliphatic heterocycles. The summed E-state index contributed by atoms with van der Waals surface area (Å²) in [6, 6.07) is 4.58. The van der Waals surface area contributed by atoms with Crippen LogP contribution in [0.25, 0.3) is 0 Å². The minimum absolute atomic E-state index is 0.357. The van der Waals surface area contributed by atoms with Crippen molar-refractivity contribution in [2.24, 2.45) is 0 Å². The van der Waals surface area contributed by atoms with Crippen molar-refractivity contribution < 1.29 is 4.79 Å². The van der Waals surface area contributed by atoms with E-state index in [1.165, 1.54) is 18.4 Å². The minimum Gasteiger partial charge on any atom is -0.338 e. The summed E-state index contributed by atoms with van der Waals surface area (Å²) in [4.78, 5) is 20.5. The summed E-state index contributed by atoms with van der Waals surface area (Å²) in [6.45, 7) is 4.10. The summed E-state index contributed by atoms with van der Waals surface area (Å²) in [5.74, 6) is 0.357. The second-order valence-electron chi connectivity index (χ2n) is 5.58. The number of hydrogen-bond acceptors (Lipinski definition) is 3. The van der Waals surface area contributed by atoms with E-state index in [9.17, 15) is 4.79 Å². The second-order valence-corrected chi connectivity index (χ2v) is 5.58. The monoisotopic (exact) mass is 259 g/mol. The molecule has 1 aromatic heterocycles. The number of pyridine rings is 1. The van der Waals surface area contributed by atoms with Crippen molar-refractivity contribution in [1.29, 1.82) is 0 Å². The van der Waals surface area contributed by atoms with E-state index >= 15 is 0 Å². The molecule has 4 heteroatoms. The summed E-state index contributed by atoms with van der Waals surface area (Å²) in [6.07, 6.45) is 7.85. The van der Waals surface area contributed by atoms with Crippen LogP contribution in [0.3, 0.4) is 0 Å². The lowest BCUT2D eigenvalue weighted by Crippen LogP contribution is -2.48. The number of nitrogens with zero attached hydrogens (tertiary/aromatic N) is 3. The van der Waals surface area contributed by atoms with E-state index in [1.807, 2.05) is 12.4 Å². The normalized spacial score (nSPS) is 24.9. The van der Waals surface area contributed by atoms with Crippen molar-refractivity contribution in [3.05, 3.63) is 30.1 Å². The molecule has 4 nitrogen and oxygen atoms in total. The first-order valence-electron chi connectivity index (χ1n) is 7.23. The lowest BCUT2D eigenvalue weighted by Gasteiger charge is -2.37. The molecular weight excluding hydrogens is 238 g/mol. The molecule has 1 aromatic rings. The van der Waals surface area contributed by atoms with Gasteiger partial charge in [0.15, 0.2) is 0 Å². The van der Waals surface area contributed by atoms with Gasteiger partial charge in [-0.15, -0.1) is 0 Å². The number of carbonyl (C=O) groups is 1. The van der Waals surface area contributed by atoms with Crippen LogP contribution in [0.1, 0.15) is 31.2 Å². The predicted molar refractivity (Wildman–Crippen MR) is 73.5 cm³/mol. The Labute approximate surface area is 114 Å². The third-order valence-corrected chi connectivity index (χ3v) is 4.19. The first-order chi connectivity index (χ1) is 9.33. The Morgan fingerprint density at radius 2 is 2.05 bits per heavy atom. The fourth-order valence-corrected chi connectivity index (χ4v) is 3.23. The zero-order valence-corrected chi connectivity index (χ0v) is 11.3. The van der Waals surface area contributed by atoms with E-state index in [1.54, 1.807) is 0 Å². The molecule has 0 saturated carbocycles. The summed E-state index contributed by atoms with van der Waals surface area (Å²) < 4.78 is 0. The van der Waals surface area contributed by atoms with Crippen molar-refractivity contribution in [3.8, 4) is 0 Å². The van der Waals surface area contributed by atoms with Crippen LogP contribution in [0.2, 0.25) is 0 Å². The van der Waals surface area contributed by atoms with E-state index in [2.05, 4.69) is 26.9 Å². The first kappa shape index (κ1) is 12.6. The van der Waals surface area contributed by atoms with Crippen LogP contribution >= 0.6 is 0 Å². The highest BCUT2D eigenvalue weighted by atomic mass is 16.2. The molecule has 1 atom stereocenters. The highest BCUT2D eigenvalue weighted by Crippen LogP contribution is 2.22. The Bertz CT molecular complexity index is 434. The molecule has 1 amide bonds. The molecule has 102 valence electrons. The first-order valence-corrected chi connectivity index (χ1v) is 7.23. The molecule has 2 saturated heterocycles. The number of hydrogen-bond donors (Lipinski definition) is 0. The molecule has 2 aliphatic rings. The standard InChI is InChI=1S/C15H21N3O/c19-15-4-2-10-18(15)14-3-1-9-17(12-14)11-13-5-7-16-8-6-13/h5-8,14H,1-4,9-12H2. The Balaban J connectivity index is 1.60. The summed E-state index contributed by atoms with van der Waals surface area (Å²) >= 11 is 0. The fourth-order valence-electron chi connectivity index (χ4n) is 3.23. The third kappa shape index (κ3) is 2.95. The van der Waals surface area contributed by atoms with E-state index in [-0.39, 0.29) is 0 Å². The number of amides is 1. The van der Waals surface area contributed by atoms with Gasteiger partial charge in [0.25, 0.3) is 0 Å². The van der Waals surface area contributed by atoms with Crippen LogP contribution in [0.15, 0.2) is 24.5 Å². The van der Waals surface area contributed by atoms with Gasteiger partial charge >= 0.3 is 0 Å². The van der Waals surface area contributed by atoms with Crippen LogP contribution in [0.4, 0.5) is 0 Å². The van der Waals surface area contributed by atoms with Gasteiger partial charge in [0.2, 0.25) is 5.91 Å². The summed E-state index contributed by atoms with van der Waals surface area (Å²) in [7, 11) is 0. The van der Waals surface area contributed by atoms with Gasteiger partial charge in [0.1, 0.15) is 0 Å². The molecule has 0 radical (unpaired) electrons. The second kappa shape index (κ2) is 5.70. The lowest BCUT2D eigenvalue weighted by molar-refractivity contribution is -0.130. The van der Waals surface area contributed by atoms with Crippen molar-refractivity contribution in [3.63, 3.8) is 0 Å². The molecular formula is C15H21N3O. The molecule has 0 N–H and O–H groups in total. The van der Waals surface area contributed by atoms with Gasteiger partial charge < -0.3 is 4.90 Å². The van der Waals surface area contributed by atoms with Gasteiger partial charge in [0.05, 0.1) is 0 Å². The van der Waals surface area contributed by atoms with Crippen LogP contribution in [-0.2, 0) is 11.3 Å². The van der Waals surface area contributed by atoms with Crippen molar-refractivity contribution in [1.82, 2.24) is 14.8 Å². The molecule has 3 heterocycles. The molecule has 1 unspecified atom stereocenters. The largest absolute Gasteiger partial charge is 0.338 e. The molecule has 0 spiro atoms.